The molecule has 5 rings (SSSR count). The molecule has 1 fully saturated rings. The Bertz CT molecular complexity index is 1550. The average molecular weight is 547 g/mol. The van der Waals surface area contributed by atoms with Gasteiger partial charge in [0.15, 0.2) is 11.5 Å². The third kappa shape index (κ3) is 5.13. The van der Waals surface area contributed by atoms with E-state index in [1.165, 1.54) is 37.6 Å². The zero-order valence-electron chi connectivity index (χ0n) is 23.1. The second-order valence-electron chi connectivity index (χ2n) is 10.3. The molecule has 0 spiro atoms. The van der Waals surface area contributed by atoms with Gasteiger partial charge in [-0.15, -0.1) is 0 Å². The quantitative estimate of drug-likeness (QED) is 0.468. The number of benzene rings is 2. The number of aromatic nitrogens is 2. The zero-order valence-corrected chi connectivity index (χ0v) is 23.1. The van der Waals surface area contributed by atoms with Crippen LogP contribution in [0.25, 0.3) is 11.1 Å². The maximum atomic E-state index is 13.3. The van der Waals surface area contributed by atoms with Crippen molar-refractivity contribution < 1.29 is 19.1 Å². The van der Waals surface area contributed by atoms with Crippen molar-refractivity contribution in [2.75, 3.05) is 33.9 Å². The molecule has 0 unspecified atom stereocenters. The Labute approximate surface area is 232 Å². The van der Waals surface area contributed by atoms with Crippen LogP contribution in [0.1, 0.15) is 24.0 Å². The third-order valence-electron chi connectivity index (χ3n) is 8.01. The number of hydrogen-bond donors (Lipinski definition) is 0. The summed E-state index contributed by atoms with van der Waals surface area (Å²) in [4.78, 5) is 56.0. The van der Waals surface area contributed by atoms with E-state index in [-0.39, 0.29) is 30.0 Å². The number of likely N-dealkylation sites (tertiary alicyclic amines) is 1. The van der Waals surface area contributed by atoms with Crippen molar-refractivity contribution in [1.29, 1.82) is 0 Å². The number of hydrogen-bond acceptors (Lipinski definition) is 6. The second kappa shape index (κ2) is 11.4. The summed E-state index contributed by atoms with van der Waals surface area (Å²) in [6.45, 7) is 1.47. The van der Waals surface area contributed by atoms with Gasteiger partial charge in [-0.25, -0.2) is 4.79 Å². The molecule has 2 aliphatic rings. The van der Waals surface area contributed by atoms with Crippen LogP contribution >= 0.6 is 0 Å². The molecule has 3 aromatic rings. The summed E-state index contributed by atoms with van der Waals surface area (Å²) in [5, 5.41) is 0. The summed E-state index contributed by atoms with van der Waals surface area (Å²) >= 11 is 0. The van der Waals surface area contributed by atoms with Crippen LogP contribution in [-0.4, -0.2) is 70.6 Å². The number of nitrogens with zero attached hydrogens (tertiary/aromatic N) is 4. The van der Waals surface area contributed by atoms with E-state index in [0.29, 0.717) is 56.0 Å². The first kappa shape index (κ1) is 27.2. The van der Waals surface area contributed by atoms with Crippen molar-refractivity contribution in [2.24, 2.45) is 7.05 Å². The van der Waals surface area contributed by atoms with E-state index in [2.05, 4.69) is 6.07 Å². The number of carbonyl (C=O) groups excluding carboxylic acids is 2. The van der Waals surface area contributed by atoms with E-state index in [9.17, 15) is 19.2 Å². The summed E-state index contributed by atoms with van der Waals surface area (Å²) in [6.07, 6.45) is 4.02. The fourth-order valence-electron chi connectivity index (χ4n) is 5.79. The molecule has 10 nitrogen and oxygen atoms in total. The van der Waals surface area contributed by atoms with Crippen LogP contribution in [0.2, 0.25) is 0 Å². The topological polar surface area (TPSA) is 103 Å². The molecule has 0 N–H and O–H groups in total. The van der Waals surface area contributed by atoms with E-state index in [1.54, 1.807) is 23.1 Å². The summed E-state index contributed by atoms with van der Waals surface area (Å²) in [6, 6.07) is 13.3. The number of para-hydroxylation sites is 1. The first-order valence-electron chi connectivity index (χ1n) is 13.5. The first-order chi connectivity index (χ1) is 19.3. The predicted molar refractivity (Wildman–Crippen MR) is 150 cm³/mol. The van der Waals surface area contributed by atoms with Crippen molar-refractivity contribution in [3.8, 4) is 22.6 Å². The SMILES string of the molecule is COc1cccc(-c2cn(CC(=O)N3CCC(N4CCc5ccccc5CC4=O)CC3)c(=O)n(C)c2=O)c1OC. The summed E-state index contributed by atoms with van der Waals surface area (Å²) in [5.41, 5.74) is 1.94. The molecule has 0 bridgehead atoms. The van der Waals surface area contributed by atoms with Gasteiger partial charge in [-0.05, 0) is 36.5 Å². The van der Waals surface area contributed by atoms with Gasteiger partial charge in [0.1, 0.15) is 6.54 Å². The highest BCUT2D eigenvalue weighted by Gasteiger charge is 2.31. The lowest BCUT2D eigenvalue weighted by atomic mass is 10.0. The van der Waals surface area contributed by atoms with Crippen LogP contribution < -0.4 is 20.7 Å². The summed E-state index contributed by atoms with van der Waals surface area (Å²) in [5.74, 6) is 0.738. The lowest BCUT2D eigenvalue weighted by molar-refractivity contribution is -0.136. The monoisotopic (exact) mass is 546 g/mol. The fourth-order valence-corrected chi connectivity index (χ4v) is 5.79. The minimum atomic E-state index is -0.575. The van der Waals surface area contributed by atoms with Crippen LogP contribution in [0.5, 0.6) is 11.5 Å². The Morgan fingerprint density at radius 2 is 1.62 bits per heavy atom. The van der Waals surface area contributed by atoms with E-state index in [1.807, 2.05) is 23.1 Å². The van der Waals surface area contributed by atoms with Gasteiger partial charge in [-0.1, -0.05) is 36.4 Å². The van der Waals surface area contributed by atoms with Crippen molar-refractivity contribution in [3.63, 3.8) is 0 Å². The van der Waals surface area contributed by atoms with Crippen molar-refractivity contribution >= 4 is 11.8 Å². The Morgan fingerprint density at radius 1 is 0.900 bits per heavy atom. The molecule has 3 heterocycles. The number of piperidine rings is 1. The van der Waals surface area contributed by atoms with Gasteiger partial charge in [-0.3, -0.25) is 23.5 Å². The average Bonchev–Trinajstić information content (AvgIpc) is 3.15. The molecule has 2 aliphatic heterocycles. The molecule has 210 valence electrons. The van der Waals surface area contributed by atoms with Crippen molar-refractivity contribution in [1.82, 2.24) is 18.9 Å². The maximum absolute atomic E-state index is 13.3. The molecule has 10 heteroatoms. The third-order valence-corrected chi connectivity index (χ3v) is 8.01. The molecule has 40 heavy (non-hydrogen) atoms. The lowest BCUT2D eigenvalue weighted by Gasteiger charge is -2.38. The maximum Gasteiger partial charge on any atom is 0.331 e. The first-order valence-corrected chi connectivity index (χ1v) is 13.5. The molecule has 2 amide bonds. The van der Waals surface area contributed by atoms with Crippen LogP contribution in [0, 0.1) is 0 Å². The van der Waals surface area contributed by atoms with Gasteiger partial charge in [0, 0.05) is 44.5 Å². The minimum absolute atomic E-state index is 0.0817. The van der Waals surface area contributed by atoms with Crippen molar-refractivity contribution in [3.05, 3.63) is 80.6 Å². The Kier molecular flexibility index (Phi) is 7.77. The molecule has 0 aliphatic carbocycles. The van der Waals surface area contributed by atoms with E-state index >= 15 is 0 Å². The van der Waals surface area contributed by atoms with Gasteiger partial charge < -0.3 is 19.3 Å². The smallest absolute Gasteiger partial charge is 0.331 e. The molecular weight excluding hydrogens is 512 g/mol. The standard InChI is InChI=1S/C30H34N4O6/c1-31-29(37)24(23-9-6-10-25(39-2)28(23)40-3)18-33(30(31)38)19-27(36)32-14-12-22(13-15-32)34-16-11-20-7-4-5-8-21(20)17-26(34)35/h4-10,18,22H,11-17,19H2,1-3H3. The molecular formula is C30H34N4O6. The van der Waals surface area contributed by atoms with Gasteiger partial charge in [0.2, 0.25) is 11.8 Å². The molecule has 1 aromatic heterocycles. The van der Waals surface area contributed by atoms with Crippen LogP contribution in [-0.2, 0) is 36.0 Å². The normalized spacial score (nSPS) is 15.9. The number of ether oxygens (including phenoxy) is 2. The van der Waals surface area contributed by atoms with Crippen LogP contribution in [0.3, 0.4) is 0 Å². The van der Waals surface area contributed by atoms with Crippen LogP contribution in [0.4, 0.5) is 0 Å². The van der Waals surface area contributed by atoms with Gasteiger partial charge in [-0.2, -0.15) is 0 Å². The van der Waals surface area contributed by atoms with E-state index in [4.69, 9.17) is 9.47 Å². The number of carbonyl (C=O) groups is 2. The molecule has 1 saturated heterocycles. The molecule has 2 aromatic carbocycles. The highest BCUT2D eigenvalue weighted by atomic mass is 16.5. The second-order valence-corrected chi connectivity index (χ2v) is 10.3. The van der Waals surface area contributed by atoms with Crippen LogP contribution in [0.15, 0.2) is 58.3 Å². The van der Waals surface area contributed by atoms with Gasteiger partial charge in [0.25, 0.3) is 5.56 Å². The highest BCUT2D eigenvalue weighted by Crippen LogP contribution is 2.36. The predicted octanol–water partition coefficient (Wildman–Crippen LogP) is 1.85. The minimum Gasteiger partial charge on any atom is -0.493 e. The van der Waals surface area contributed by atoms with Crippen molar-refractivity contribution in [2.45, 2.75) is 38.3 Å². The number of methoxy groups -OCH3 is 2. The Morgan fingerprint density at radius 3 is 2.33 bits per heavy atom. The fraction of sp³-hybridized carbons (Fsp3) is 0.400. The number of amides is 2. The lowest BCUT2D eigenvalue weighted by Crippen LogP contribution is -2.50. The molecule has 0 atom stereocenters. The molecule has 0 radical (unpaired) electrons. The van der Waals surface area contributed by atoms with Gasteiger partial charge >= 0.3 is 5.69 Å². The Balaban J connectivity index is 1.30. The summed E-state index contributed by atoms with van der Waals surface area (Å²) in [7, 11) is 4.38. The number of rotatable bonds is 6. The Hall–Kier alpha value is -4.34. The zero-order chi connectivity index (χ0) is 28.4. The largest absolute Gasteiger partial charge is 0.493 e. The van der Waals surface area contributed by atoms with E-state index in [0.717, 1.165) is 16.6 Å². The van der Waals surface area contributed by atoms with E-state index < -0.39 is 11.2 Å². The number of fused-ring (bicyclic) bond motifs is 1. The summed E-state index contributed by atoms with van der Waals surface area (Å²) < 4.78 is 13.1. The highest BCUT2D eigenvalue weighted by molar-refractivity contribution is 5.80. The molecule has 0 saturated carbocycles. The van der Waals surface area contributed by atoms with Gasteiger partial charge in [0.05, 0.1) is 26.2 Å².